The standard InChI is InChI=1S/C31H43N3O7/c1-5-29-11-7-14-34-15-12-30(25(29)34)22-10-9-21(38-3)20-23(22)32(2)26(30)31(37,28(36)39-4)27(29)41-24(35)8-6-13-33-16-18-40-19-17-33/h7,9-11,20,25-27,37H,5-6,8,12-19H2,1-4H3/t25-,26+,27+,29+,30+,31-/m0/s1. The van der Waals surface area contributed by atoms with Crippen molar-refractivity contribution in [2.75, 3.05) is 72.1 Å². The maximum Gasteiger partial charge on any atom is 0.344 e. The molecule has 0 aromatic heterocycles. The highest BCUT2D eigenvalue weighted by atomic mass is 16.6. The molecule has 4 aliphatic heterocycles. The molecule has 1 N–H and O–H groups in total. The van der Waals surface area contributed by atoms with Gasteiger partial charge in [0.1, 0.15) is 5.75 Å². The van der Waals surface area contributed by atoms with E-state index in [9.17, 15) is 14.7 Å². The molecule has 0 amide bonds. The Labute approximate surface area is 242 Å². The Kier molecular flexibility index (Phi) is 7.33. The first-order chi connectivity index (χ1) is 19.8. The smallest absolute Gasteiger partial charge is 0.344 e. The van der Waals surface area contributed by atoms with Gasteiger partial charge in [0.05, 0.1) is 33.5 Å². The lowest BCUT2D eigenvalue weighted by Gasteiger charge is -2.63. The van der Waals surface area contributed by atoms with E-state index in [4.69, 9.17) is 18.9 Å². The molecular formula is C31H43N3O7. The van der Waals surface area contributed by atoms with Crippen molar-refractivity contribution in [2.24, 2.45) is 5.41 Å². The van der Waals surface area contributed by atoms with Gasteiger partial charge in [0.15, 0.2) is 6.10 Å². The second-order valence-corrected chi connectivity index (χ2v) is 12.2. The van der Waals surface area contributed by atoms with Crippen LogP contribution >= 0.6 is 0 Å². The van der Waals surface area contributed by atoms with Gasteiger partial charge in [0.2, 0.25) is 5.60 Å². The fourth-order valence-corrected chi connectivity index (χ4v) is 8.97. The predicted molar refractivity (Wildman–Crippen MR) is 152 cm³/mol. The van der Waals surface area contributed by atoms with Crippen molar-refractivity contribution < 1.29 is 33.6 Å². The van der Waals surface area contributed by atoms with Crippen LogP contribution in [0.3, 0.4) is 0 Å². The van der Waals surface area contributed by atoms with Gasteiger partial charge >= 0.3 is 11.9 Å². The number of aliphatic hydroxyl groups is 1. The van der Waals surface area contributed by atoms with Crippen LogP contribution in [0.1, 0.15) is 38.2 Å². The fourth-order valence-electron chi connectivity index (χ4n) is 8.97. The lowest BCUT2D eigenvalue weighted by molar-refractivity contribution is -0.229. The molecule has 1 aromatic rings. The zero-order valence-corrected chi connectivity index (χ0v) is 24.6. The summed E-state index contributed by atoms with van der Waals surface area (Å²) < 4.78 is 22.7. The molecule has 1 saturated carbocycles. The van der Waals surface area contributed by atoms with E-state index in [0.717, 1.165) is 50.4 Å². The number of nitrogens with zero attached hydrogens (tertiary/aromatic N) is 3. The lowest BCUT2D eigenvalue weighted by Crippen LogP contribution is -2.81. The van der Waals surface area contributed by atoms with Crippen LogP contribution in [-0.4, -0.2) is 118 Å². The Morgan fingerprint density at radius 1 is 1.15 bits per heavy atom. The Morgan fingerprint density at radius 3 is 2.63 bits per heavy atom. The molecular weight excluding hydrogens is 526 g/mol. The van der Waals surface area contributed by atoms with Gasteiger partial charge in [-0.1, -0.05) is 25.1 Å². The summed E-state index contributed by atoms with van der Waals surface area (Å²) in [5.74, 6) is -0.478. The van der Waals surface area contributed by atoms with E-state index in [1.807, 2.05) is 24.1 Å². The molecule has 10 heteroatoms. The number of hydrogen-bond acceptors (Lipinski definition) is 10. The van der Waals surface area contributed by atoms with Crippen LogP contribution in [0.15, 0.2) is 30.4 Å². The van der Waals surface area contributed by atoms with Crippen molar-refractivity contribution >= 4 is 17.6 Å². The summed E-state index contributed by atoms with van der Waals surface area (Å²) in [6.07, 6.45) is 5.26. The molecule has 6 rings (SSSR count). The highest BCUT2D eigenvalue weighted by Gasteiger charge is 2.80. The average molecular weight is 570 g/mol. The SMILES string of the molecule is CC[C@]12C=CCN3CC[C@@]4(c5ccc(OC)cc5N(C)[C@H]4[C@@](O)(C(=O)OC)[C@@H]1OC(=O)CCCN1CCOCC1)[C@@H]32. The maximum atomic E-state index is 13.9. The monoisotopic (exact) mass is 569 g/mol. The quantitative estimate of drug-likeness (QED) is 0.368. The number of rotatable bonds is 8. The maximum absolute atomic E-state index is 13.9. The summed E-state index contributed by atoms with van der Waals surface area (Å²) in [7, 11) is 4.83. The number of benzene rings is 1. The third kappa shape index (κ3) is 3.97. The first-order valence-corrected chi connectivity index (χ1v) is 14.9. The normalized spacial score (nSPS) is 35.9. The predicted octanol–water partition coefficient (Wildman–Crippen LogP) is 1.73. The molecule has 1 aliphatic carbocycles. The van der Waals surface area contributed by atoms with Gasteiger partial charge in [-0.25, -0.2) is 4.79 Å². The molecule has 1 spiro atoms. The van der Waals surface area contributed by atoms with E-state index >= 15 is 0 Å². The van der Waals surface area contributed by atoms with Crippen LogP contribution in [0.25, 0.3) is 0 Å². The van der Waals surface area contributed by atoms with Crippen molar-refractivity contribution in [3.8, 4) is 5.75 Å². The van der Waals surface area contributed by atoms with E-state index in [2.05, 4.69) is 34.9 Å². The van der Waals surface area contributed by atoms with Crippen LogP contribution in [0, 0.1) is 5.41 Å². The van der Waals surface area contributed by atoms with Gasteiger partial charge in [-0.05, 0) is 44.0 Å². The summed E-state index contributed by atoms with van der Waals surface area (Å²) >= 11 is 0. The summed E-state index contributed by atoms with van der Waals surface area (Å²) in [4.78, 5) is 34.2. The van der Waals surface area contributed by atoms with Crippen LogP contribution in [0.4, 0.5) is 5.69 Å². The number of morpholine rings is 1. The number of fused-ring (bicyclic) bond motifs is 1. The average Bonchev–Trinajstić information content (AvgIpc) is 3.51. The minimum absolute atomic E-state index is 0.0804. The lowest BCUT2D eigenvalue weighted by atomic mass is 9.47. The van der Waals surface area contributed by atoms with Crippen molar-refractivity contribution in [1.29, 1.82) is 0 Å². The van der Waals surface area contributed by atoms with E-state index in [0.29, 0.717) is 31.8 Å². The van der Waals surface area contributed by atoms with Crippen LogP contribution in [0.5, 0.6) is 5.75 Å². The first-order valence-electron chi connectivity index (χ1n) is 14.9. The van der Waals surface area contributed by atoms with Crippen molar-refractivity contribution in [3.63, 3.8) is 0 Å². The Bertz CT molecular complexity index is 1220. The van der Waals surface area contributed by atoms with Crippen LogP contribution in [-0.2, 0) is 29.2 Å². The first kappa shape index (κ1) is 28.5. The number of hydrogen-bond donors (Lipinski definition) is 1. The van der Waals surface area contributed by atoms with Gasteiger partial charge in [0.25, 0.3) is 0 Å². The van der Waals surface area contributed by atoms with E-state index in [1.54, 1.807) is 7.11 Å². The number of carbonyl (C=O) groups excluding carboxylic acids is 2. The summed E-state index contributed by atoms with van der Waals surface area (Å²) in [6, 6.07) is 5.24. The molecule has 2 saturated heterocycles. The van der Waals surface area contributed by atoms with Gasteiger partial charge in [-0.2, -0.15) is 0 Å². The number of methoxy groups -OCH3 is 2. The second-order valence-electron chi connectivity index (χ2n) is 12.2. The van der Waals surface area contributed by atoms with Crippen LogP contribution in [0.2, 0.25) is 0 Å². The number of carbonyl (C=O) groups is 2. The molecule has 3 fully saturated rings. The second kappa shape index (κ2) is 10.6. The Hall–Kier alpha value is -2.66. The zero-order valence-electron chi connectivity index (χ0n) is 24.6. The molecule has 0 unspecified atom stereocenters. The van der Waals surface area contributed by atoms with E-state index in [-0.39, 0.29) is 12.5 Å². The minimum Gasteiger partial charge on any atom is -0.497 e. The molecule has 10 nitrogen and oxygen atoms in total. The fraction of sp³-hybridized carbons (Fsp3) is 0.677. The van der Waals surface area contributed by atoms with Gasteiger partial charge in [0, 0.05) is 61.7 Å². The molecule has 41 heavy (non-hydrogen) atoms. The van der Waals surface area contributed by atoms with Gasteiger partial charge in [-0.15, -0.1) is 0 Å². The molecule has 224 valence electrons. The highest BCUT2D eigenvalue weighted by Crippen LogP contribution is 2.67. The third-order valence-corrected chi connectivity index (χ3v) is 10.5. The number of ether oxygens (including phenoxy) is 4. The van der Waals surface area contributed by atoms with E-state index < -0.39 is 40.5 Å². The van der Waals surface area contributed by atoms with Gasteiger partial charge in [-0.3, -0.25) is 14.6 Å². The van der Waals surface area contributed by atoms with Crippen molar-refractivity contribution in [1.82, 2.24) is 9.80 Å². The largest absolute Gasteiger partial charge is 0.497 e. The third-order valence-electron chi connectivity index (χ3n) is 10.5. The summed E-state index contributed by atoms with van der Waals surface area (Å²) in [6.45, 7) is 7.51. The van der Waals surface area contributed by atoms with Crippen molar-refractivity contribution in [3.05, 3.63) is 35.9 Å². The zero-order chi connectivity index (χ0) is 29.0. The molecule has 5 aliphatic rings. The minimum atomic E-state index is -2.11. The molecule has 1 aromatic carbocycles. The highest BCUT2D eigenvalue weighted by molar-refractivity contribution is 5.87. The molecule has 0 radical (unpaired) electrons. The van der Waals surface area contributed by atoms with Crippen molar-refractivity contribution in [2.45, 2.75) is 61.8 Å². The summed E-state index contributed by atoms with van der Waals surface area (Å²) in [5.41, 5.74) is -1.49. The summed E-state index contributed by atoms with van der Waals surface area (Å²) in [5, 5.41) is 12.9. The molecule has 4 heterocycles. The topological polar surface area (TPSA) is 101 Å². The number of esters is 2. The van der Waals surface area contributed by atoms with Crippen LogP contribution < -0.4 is 9.64 Å². The number of anilines is 1. The van der Waals surface area contributed by atoms with E-state index in [1.165, 1.54) is 7.11 Å². The Morgan fingerprint density at radius 2 is 1.93 bits per heavy atom. The van der Waals surface area contributed by atoms with Gasteiger partial charge < -0.3 is 29.0 Å². The Balaban J connectivity index is 1.43. The molecule has 0 bridgehead atoms. The molecule has 6 atom stereocenters. The number of likely N-dealkylation sites (N-methyl/N-ethyl adjacent to an activating group) is 1.